The predicted octanol–water partition coefficient (Wildman–Crippen LogP) is 0.110. The number of rotatable bonds is 0. The number of H-pyrrole nitrogens is 1. The molecule has 2 aromatic rings. The minimum absolute atomic E-state index is 0.672. The second-order valence-corrected chi connectivity index (χ2v) is 3.00. The van der Waals surface area contributed by atoms with E-state index in [-0.39, 0.29) is 0 Å². The highest BCUT2D eigenvalue weighted by molar-refractivity contribution is 7.80. The fraction of sp³-hybridized carbons (Fsp3) is 0. The number of hydrogen-bond acceptors (Lipinski definition) is 2. The molecule has 0 radical (unpaired) electrons. The number of nitrogens with zero attached hydrogens (tertiary/aromatic N) is 1. The maximum Gasteiger partial charge on any atom is 0.163 e. The summed E-state index contributed by atoms with van der Waals surface area (Å²) in [6, 6.07) is 6.08. The standard InChI is InChI=1S/C7H7BN2S/c8-4-1-2-5-6(3-4)10-7(11)9-5/h1-3H,8H2,(H2,9,10,11). The molecule has 0 atom stereocenters. The Morgan fingerprint density at radius 1 is 1.45 bits per heavy atom. The van der Waals surface area contributed by atoms with E-state index in [0.29, 0.717) is 5.16 Å². The van der Waals surface area contributed by atoms with Crippen LogP contribution in [0.5, 0.6) is 0 Å². The van der Waals surface area contributed by atoms with Crippen LogP contribution in [0.15, 0.2) is 23.4 Å². The molecule has 1 heterocycles. The van der Waals surface area contributed by atoms with Crippen molar-refractivity contribution in [3.8, 4) is 0 Å². The monoisotopic (exact) mass is 162 g/mol. The van der Waals surface area contributed by atoms with E-state index < -0.39 is 0 Å². The Morgan fingerprint density at radius 3 is 3.09 bits per heavy atom. The molecule has 0 aliphatic heterocycles. The zero-order valence-electron chi connectivity index (χ0n) is 6.13. The third-order valence-corrected chi connectivity index (χ3v) is 1.84. The number of aromatic amines is 1. The molecule has 0 fully saturated rings. The Kier molecular flexibility index (Phi) is 1.42. The van der Waals surface area contributed by atoms with E-state index in [1.807, 2.05) is 12.1 Å². The first kappa shape index (κ1) is 6.79. The number of imidazole rings is 1. The Labute approximate surface area is 70.8 Å². The van der Waals surface area contributed by atoms with Crippen molar-refractivity contribution in [1.82, 2.24) is 9.97 Å². The molecule has 4 heteroatoms. The number of fused-ring (bicyclic) bond motifs is 1. The number of benzene rings is 1. The van der Waals surface area contributed by atoms with E-state index in [2.05, 4.69) is 36.5 Å². The van der Waals surface area contributed by atoms with Crippen molar-refractivity contribution in [1.29, 1.82) is 0 Å². The van der Waals surface area contributed by atoms with Crippen molar-refractivity contribution < 1.29 is 0 Å². The molecule has 11 heavy (non-hydrogen) atoms. The van der Waals surface area contributed by atoms with Crippen molar-refractivity contribution in [3.63, 3.8) is 0 Å². The SMILES string of the molecule is Bc1ccc2nc(S)[nH]c2c1. The van der Waals surface area contributed by atoms with Gasteiger partial charge in [0.15, 0.2) is 5.16 Å². The Balaban J connectivity index is 2.82. The second-order valence-electron chi connectivity index (χ2n) is 2.58. The quantitative estimate of drug-likeness (QED) is 0.417. The first-order chi connectivity index (χ1) is 5.25. The van der Waals surface area contributed by atoms with E-state index in [9.17, 15) is 0 Å². The summed E-state index contributed by atoms with van der Waals surface area (Å²) in [5, 5.41) is 0.672. The van der Waals surface area contributed by atoms with Crippen LogP contribution in [-0.4, -0.2) is 17.8 Å². The molecule has 0 aliphatic rings. The molecule has 0 amide bonds. The van der Waals surface area contributed by atoms with Crippen molar-refractivity contribution in [2.75, 3.05) is 0 Å². The lowest BCUT2D eigenvalue weighted by Crippen LogP contribution is -1.99. The fourth-order valence-corrected chi connectivity index (χ4v) is 1.34. The molecule has 0 saturated carbocycles. The smallest absolute Gasteiger partial charge is 0.163 e. The third kappa shape index (κ3) is 1.14. The second kappa shape index (κ2) is 2.31. The number of thiol groups is 1. The van der Waals surface area contributed by atoms with Crippen LogP contribution in [0.4, 0.5) is 0 Å². The molecule has 54 valence electrons. The number of nitrogens with one attached hydrogen (secondary N) is 1. The highest BCUT2D eigenvalue weighted by Gasteiger charge is 1.97. The highest BCUT2D eigenvalue weighted by atomic mass is 32.1. The lowest BCUT2D eigenvalue weighted by atomic mass is 9.96. The summed E-state index contributed by atoms with van der Waals surface area (Å²) in [7, 11) is 2.05. The molecular formula is C7H7BN2S. The topological polar surface area (TPSA) is 28.7 Å². The zero-order valence-corrected chi connectivity index (χ0v) is 7.02. The van der Waals surface area contributed by atoms with Crippen LogP contribution >= 0.6 is 12.6 Å². The van der Waals surface area contributed by atoms with Crippen molar-refractivity contribution >= 4 is 37.0 Å². The molecular weight excluding hydrogens is 155 g/mol. The minimum atomic E-state index is 0.672. The Morgan fingerprint density at radius 2 is 2.27 bits per heavy atom. The minimum Gasteiger partial charge on any atom is -0.333 e. The van der Waals surface area contributed by atoms with E-state index in [1.165, 1.54) is 5.46 Å². The predicted molar refractivity (Wildman–Crippen MR) is 51.5 cm³/mol. The first-order valence-electron chi connectivity index (χ1n) is 3.41. The van der Waals surface area contributed by atoms with Crippen LogP contribution in [0.3, 0.4) is 0 Å². The molecule has 2 rings (SSSR count). The maximum atomic E-state index is 4.16. The molecule has 1 N–H and O–H groups in total. The van der Waals surface area contributed by atoms with Gasteiger partial charge in [0.2, 0.25) is 0 Å². The Hall–Kier alpha value is -0.895. The molecule has 0 saturated heterocycles. The van der Waals surface area contributed by atoms with Gasteiger partial charge >= 0.3 is 0 Å². The molecule has 1 aromatic carbocycles. The summed E-state index contributed by atoms with van der Waals surface area (Å²) < 4.78 is 0. The number of aromatic nitrogens is 2. The molecule has 0 unspecified atom stereocenters. The van der Waals surface area contributed by atoms with Crippen LogP contribution in [0, 0.1) is 0 Å². The zero-order chi connectivity index (χ0) is 7.84. The van der Waals surface area contributed by atoms with Gasteiger partial charge < -0.3 is 4.98 Å². The van der Waals surface area contributed by atoms with E-state index in [4.69, 9.17) is 0 Å². The van der Waals surface area contributed by atoms with Gasteiger partial charge in [0.05, 0.1) is 11.0 Å². The van der Waals surface area contributed by atoms with Crippen molar-refractivity contribution in [2.24, 2.45) is 0 Å². The lowest BCUT2D eigenvalue weighted by Gasteiger charge is -1.89. The summed E-state index contributed by atoms with van der Waals surface area (Å²) in [6.45, 7) is 0. The van der Waals surface area contributed by atoms with Crippen LogP contribution in [0.1, 0.15) is 0 Å². The van der Waals surface area contributed by atoms with Gasteiger partial charge in [-0.05, 0) is 12.1 Å². The summed E-state index contributed by atoms with van der Waals surface area (Å²) in [5.74, 6) is 0. The average molecular weight is 162 g/mol. The van der Waals surface area contributed by atoms with Gasteiger partial charge in [-0.3, -0.25) is 0 Å². The van der Waals surface area contributed by atoms with Crippen LogP contribution in [-0.2, 0) is 0 Å². The van der Waals surface area contributed by atoms with E-state index >= 15 is 0 Å². The van der Waals surface area contributed by atoms with E-state index in [0.717, 1.165) is 11.0 Å². The third-order valence-electron chi connectivity index (χ3n) is 1.62. The number of hydrogen-bond donors (Lipinski definition) is 2. The molecule has 0 spiro atoms. The van der Waals surface area contributed by atoms with Gasteiger partial charge in [0, 0.05) is 0 Å². The van der Waals surface area contributed by atoms with Gasteiger partial charge in [0.1, 0.15) is 7.85 Å². The first-order valence-corrected chi connectivity index (χ1v) is 3.86. The summed E-state index contributed by atoms with van der Waals surface area (Å²) in [5.41, 5.74) is 3.25. The van der Waals surface area contributed by atoms with Gasteiger partial charge in [0.25, 0.3) is 0 Å². The summed E-state index contributed by atoms with van der Waals surface area (Å²) >= 11 is 4.11. The Bertz CT molecular complexity index is 396. The van der Waals surface area contributed by atoms with Gasteiger partial charge in [-0.2, -0.15) is 0 Å². The average Bonchev–Trinajstić information content (AvgIpc) is 2.27. The van der Waals surface area contributed by atoms with Crippen LogP contribution < -0.4 is 5.46 Å². The largest absolute Gasteiger partial charge is 0.333 e. The van der Waals surface area contributed by atoms with Gasteiger partial charge in [-0.15, -0.1) is 12.6 Å². The molecule has 0 aliphatic carbocycles. The van der Waals surface area contributed by atoms with Gasteiger partial charge in [-0.1, -0.05) is 11.5 Å². The lowest BCUT2D eigenvalue weighted by molar-refractivity contribution is 1.09. The molecule has 2 nitrogen and oxygen atoms in total. The summed E-state index contributed by atoms with van der Waals surface area (Å²) in [6.07, 6.45) is 0. The normalized spacial score (nSPS) is 10.6. The van der Waals surface area contributed by atoms with Crippen molar-refractivity contribution in [2.45, 2.75) is 5.16 Å². The van der Waals surface area contributed by atoms with E-state index in [1.54, 1.807) is 0 Å². The van der Waals surface area contributed by atoms with Gasteiger partial charge in [-0.25, -0.2) is 4.98 Å². The fourth-order valence-electron chi connectivity index (χ4n) is 1.11. The molecule has 0 bridgehead atoms. The van der Waals surface area contributed by atoms with Crippen molar-refractivity contribution in [3.05, 3.63) is 18.2 Å². The van der Waals surface area contributed by atoms with Crippen LogP contribution in [0.25, 0.3) is 11.0 Å². The highest BCUT2D eigenvalue weighted by Crippen LogP contribution is 2.10. The maximum absolute atomic E-state index is 4.16. The molecule has 1 aromatic heterocycles. The summed E-state index contributed by atoms with van der Waals surface area (Å²) in [4.78, 5) is 7.22. The van der Waals surface area contributed by atoms with Crippen LogP contribution in [0.2, 0.25) is 0 Å².